The molecule has 1 amide bonds. The molecule has 5 heteroatoms. The first-order chi connectivity index (χ1) is 11.8. The Morgan fingerprint density at radius 3 is 2.08 bits per heavy atom. The molecular formula is C20H25NO3S. The molecule has 1 atom stereocenters. The van der Waals surface area contributed by atoms with Crippen molar-refractivity contribution in [3.8, 4) is 0 Å². The van der Waals surface area contributed by atoms with E-state index in [1.165, 1.54) is 11.8 Å². The first kappa shape index (κ1) is 19.2. The molecule has 2 aromatic rings. The number of sulfone groups is 1. The smallest absolute Gasteiger partial charge is 0.220 e. The highest BCUT2D eigenvalue weighted by Gasteiger charge is 2.12. The van der Waals surface area contributed by atoms with Gasteiger partial charge in [0.2, 0.25) is 5.91 Å². The molecule has 0 radical (unpaired) electrons. The van der Waals surface area contributed by atoms with Crippen LogP contribution in [0.25, 0.3) is 0 Å². The lowest BCUT2D eigenvalue weighted by molar-refractivity contribution is -0.121. The molecule has 1 N–H and O–H groups in total. The average Bonchev–Trinajstić information content (AvgIpc) is 2.59. The molecule has 0 saturated heterocycles. The van der Waals surface area contributed by atoms with Crippen molar-refractivity contribution in [2.24, 2.45) is 0 Å². The van der Waals surface area contributed by atoms with Crippen LogP contribution in [0.3, 0.4) is 0 Å². The molecule has 0 aliphatic rings. The lowest BCUT2D eigenvalue weighted by atomic mass is 10.1. The summed E-state index contributed by atoms with van der Waals surface area (Å²) in [5.74, 6) is -0.0146. The zero-order valence-corrected chi connectivity index (χ0v) is 15.8. The fraction of sp³-hybridized carbons (Fsp3) is 0.350. The Morgan fingerprint density at radius 2 is 1.56 bits per heavy atom. The van der Waals surface area contributed by atoms with Gasteiger partial charge in [0.05, 0.1) is 10.9 Å². The van der Waals surface area contributed by atoms with E-state index in [9.17, 15) is 13.2 Å². The van der Waals surface area contributed by atoms with Crippen LogP contribution in [0.2, 0.25) is 0 Å². The fourth-order valence-corrected chi connectivity index (χ4v) is 3.23. The van der Waals surface area contributed by atoms with Crippen molar-refractivity contribution in [1.82, 2.24) is 5.32 Å². The quantitative estimate of drug-likeness (QED) is 0.823. The van der Waals surface area contributed by atoms with E-state index in [0.29, 0.717) is 12.8 Å². The first-order valence-corrected chi connectivity index (χ1v) is 10.4. The number of hydrogen-bond acceptors (Lipinski definition) is 3. The number of nitrogens with one attached hydrogen (secondary N) is 1. The number of rotatable bonds is 7. The van der Waals surface area contributed by atoms with Crippen molar-refractivity contribution in [3.05, 3.63) is 65.2 Å². The number of aryl methyl sites for hydroxylation is 2. The monoisotopic (exact) mass is 359 g/mol. The van der Waals surface area contributed by atoms with Crippen LogP contribution in [-0.4, -0.2) is 20.6 Å². The van der Waals surface area contributed by atoms with Crippen LogP contribution >= 0.6 is 0 Å². The second kappa shape index (κ2) is 8.30. The minimum Gasteiger partial charge on any atom is -0.350 e. The molecule has 0 aliphatic carbocycles. The Labute approximate surface area is 150 Å². The Morgan fingerprint density at radius 1 is 1.00 bits per heavy atom. The molecule has 0 fully saturated rings. The molecule has 0 spiro atoms. The summed E-state index contributed by atoms with van der Waals surface area (Å²) in [4.78, 5) is 12.4. The molecule has 2 rings (SSSR count). The van der Waals surface area contributed by atoms with Gasteiger partial charge in [0.25, 0.3) is 0 Å². The SMILES string of the molecule is CCc1ccc(CCC(=O)N[C@H](C)c2ccc(S(C)(=O)=O)cc2)cc1. The van der Waals surface area contributed by atoms with Gasteiger partial charge < -0.3 is 5.32 Å². The van der Waals surface area contributed by atoms with Gasteiger partial charge in [-0.1, -0.05) is 43.3 Å². The van der Waals surface area contributed by atoms with Gasteiger partial charge in [0.1, 0.15) is 0 Å². The highest BCUT2D eigenvalue weighted by atomic mass is 32.2. The largest absolute Gasteiger partial charge is 0.350 e. The minimum absolute atomic E-state index is 0.0146. The predicted molar refractivity (Wildman–Crippen MR) is 100 cm³/mol. The zero-order chi connectivity index (χ0) is 18.4. The van der Waals surface area contributed by atoms with Gasteiger partial charge in [-0.15, -0.1) is 0 Å². The van der Waals surface area contributed by atoms with E-state index in [1.54, 1.807) is 24.3 Å². The lowest BCUT2D eigenvalue weighted by Gasteiger charge is -2.15. The van der Waals surface area contributed by atoms with E-state index in [2.05, 4.69) is 36.5 Å². The summed E-state index contributed by atoms with van der Waals surface area (Å²) in [7, 11) is -3.20. The van der Waals surface area contributed by atoms with Crippen LogP contribution in [0.15, 0.2) is 53.4 Å². The van der Waals surface area contributed by atoms with E-state index < -0.39 is 9.84 Å². The highest BCUT2D eigenvalue weighted by Crippen LogP contribution is 2.16. The average molecular weight is 359 g/mol. The van der Waals surface area contributed by atoms with Crippen molar-refractivity contribution in [2.75, 3.05) is 6.26 Å². The highest BCUT2D eigenvalue weighted by molar-refractivity contribution is 7.90. The van der Waals surface area contributed by atoms with E-state index in [4.69, 9.17) is 0 Å². The third-order valence-corrected chi connectivity index (χ3v) is 5.39. The van der Waals surface area contributed by atoms with E-state index in [-0.39, 0.29) is 16.8 Å². The van der Waals surface area contributed by atoms with Crippen molar-refractivity contribution in [1.29, 1.82) is 0 Å². The summed E-state index contributed by atoms with van der Waals surface area (Å²) >= 11 is 0. The number of amides is 1. The maximum Gasteiger partial charge on any atom is 0.220 e. The Kier molecular flexibility index (Phi) is 6.37. The van der Waals surface area contributed by atoms with Crippen LogP contribution in [0.4, 0.5) is 0 Å². The van der Waals surface area contributed by atoms with Gasteiger partial charge >= 0.3 is 0 Å². The maximum atomic E-state index is 12.1. The van der Waals surface area contributed by atoms with Gasteiger partial charge in [0.15, 0.2) is 9.84 Å². The third-order valence-electron chi connectivity index (χ3n) is 4.26. The summed E-state index contributed by atoms with van der Waals surface area (Å²) in [6.45, 7) is 4.01. The van der Waals surface area contributed by atoms with E-state index in [1.807, 2.05) is 6.92 Å². The van der Waals surface area contributed by atoms with Crippen molar-refractivity contribution >= 4 is 15.7 Å². The number of hydrogen-bond donors (Lipinski definition) is 1. The van der Waals surface area contributed by atoms with Gasteiger partial charge in [-0.05, 0) is 48.6 Å². The molecule has 0 aromatic heterocycles. The third kappa shape index (κ3) is 5.71. The first-order valence-electron chi connectivity index (χ1n) is 8.47. The molecular weight excluding hydrogens is 334 g/mol. The Bertz CT molecular complexity index is 809. The number of benzene rings is 2. The number of carbonyl (C=O) groups excluding carboxylic acids is 1. The molecule has 0 unspecified atom stereocenters. The molecule has 0 saturated carbocycles. The summed E-state index contributed by atoms with van der Waals surface area (Å²) in [5, 5.41) is 2.96. The van der Waals surface area contributed by atoms with Crippen molar-refractivity contribution in [2.45, 2.75) is 44.0 Å². The van der Waals surface area contributed by atoms with Gasteiger partial charge in [-0.25, -0.2) is 8.42 Å². The van der Waals surface area contributed by atoms with Crippen LogP contribution in [-0.2, 0) is 27.5 Å². The fourth-order valence-electron chi connectivity index (χ4n) is 2.60. The van der Waals surface area contributed by atoms with E-state index in [0.717, 1.165) is 17.5 Å². The van der Waals surface area contributed by atoms with E-state index >= 15 is 0 Å². The Balaban J connectivity index is 1.88. The summed E-state index contributed by atoms with van der Waals surface area (Å²) < 4.78 is 23.0. The van der Waals surface area contributed by atoms with Gasteiger partial charge in [-0.3, -0.25) is 4.79 Å². The summed E-state index contributed by atoms with van der Waals surface area (Å²) in [5.41, 5.74) is 3.32. The summed E-state index contributed by atoms with van der Waals surface area (Å²) in [6.07, 6.45) is 3.32. The lowest BCUT2D eigenvalue weighted by Crippen LogP contribution is -2.26. The zero-order valence-electron chi connectivity index (χ0n) is 15.0. The van der Waals surface area contributed by atoms with Gasteiger partial charge in [-0.2, -0.15) is 0 Å². The Hall–Kier alpha value is -2.14. The molecule has 25 heavy (non-hydrogen) atoms. The molecule has 134 valence electrons. The van der Waals surface area contributed by atoms with Gasteiger partial charge in [0, 0.05) is 12.7 Å². The second-order valence-corrected chi connectivity index (χ2v) is 8.32. The topological polar surface area (TPSA) is 63.2 Å². The van der Waals surface area contributed by atoms with Crippen LogP contribution in [0.1, 0.15) is 43.0 Å². The van der Waals surface area contributed by atoms with Crippen LogP contribution in [0, 0.1) is 0 Å². The normalized spacial score (nSPS) is 12.6. The molecule has 0 aliphatic heterocycles. The van der Waals surface area contributed by atoms with Crippen LogP contribution in [0.5, 0.6) is 0 Å². The van der Waals surface area contributed by atoms with Crippen molar-refractivity contribution < 1.29 is 13.2 Å². The number of carbonyl (C=O) groups is 1. The van der Waals surface area contributed by atoms with Crippen LogP contribution < -0.4 is 5.32 Å². The molecule has 4 nitrogen and oxygen atoms in total. The summed E-state index contributed by atoms with van der Waals surface area (Å²) in [6, 6.07) is 14.8. The molecule has 2 aromatic carbocycles. The minimum atomic E-state index is -3.20. The predicted octanol–water partition coefficient (Wildman–Crippen LogP) is 3.46. The second-order valence-electron chi connectivity index (χ2n) is 6.30. The maximum absolute atomic E-state index is 12.1. The van der Waals surface area contributed by atoms with Crippen molar-refractivity contribution in [3.63, 3.8) is 0 Å². The standard InChI is InChI=1S/C20H25NO3S/c1-4-16-5-7-17(8-6-16)9-14-20(22)21-15(2)18-10-12-19(13-11-18)25(3,23)24/h5-8,10-13,15H,4,9,14H2,1-3H3,(H,21,22)/t15-/m1/s1. The molecule has 0 bridgehead atoms. The molecule has 0 heterocycles.